The summed E-state index contributed by atoms with van der Waals surface area (Å²) in [6.45, 7) is 9.45. The number of hydrogen-bond acceptors (Lipinski definition) is 4. The second-order valence-corrected chi connectivity index (χ2v) is 7.67. The molecule has 0 radical (unpaired) electrons. The molecule has 2 aliphatic rings. The van der Waals surface area contributed by atoms with Crippen LogP contribution in [-0.2, 0) is 4.74 Å². The van der Waals surface area contributed by atoms with E-state index < -0.39 is 0 Å². The highest BCUT2D eigenvalue weighted by atomic mass is 32.1. The van der Waals surface area contributed by atoms with E-state index in [-0.39, 0.29) is 0 Å². The van der Waals surface area contributed by atoms with Crippen LogP contribution < -0.4 is 5.32 Å². The summed E-state index contributed by atoms with van der Waals surface area (Å²) in [6, 6.07) is 5.09. The Labute approximate surface area is 132 Å². The van der Waals surface area contributed by atoms with Crippen molar-refractivity contribution >= 4 is 11.3 Å². The molecule has 0 spiro atoms. The molecule has 4 heteroatoms. The monoisotopic (exact) mass is 308 g/mol. The van der Waals surface area contributed by atoms with Crippen LogP contribution in [0.15, 0.2) is 12.1 Å². The quantitative estimate of drug-likeness (QED) is 0.903. The van der Waals surface area contributed by atoms with Crippen LogP contribution >= 0.6 is 11.3 Å². The highest BCUT2D eigenvalue weighted by molar-refractivity contribution is 7.12. The maximum atomic E-state index is 5.59. The van der Waals surface area contributed by atoms with Crippen LogP contribution in [0, 0.1) is 6.92 Å². The summed E-state index contributed by atoms with van der Waals surface area (Å²) in [4.78, 5) is 5.66. The highest BCUT2D eigenvalue weighted by Gasteiger charge is 2.47. The Morgan fingerprint density at radius 1 is 1.29 bits per heavy atom. The molecule has 0 aromatic carbocycles. The van der Waals surface area contributed by atoms with Gasteiger partial charge in [0, 0.05) is 28.4 Å². The van der Waals surface area contributed by atoms with Crippen molar-refractivity contribution < 1.29 is 4.74 Å². The summed E-state index contributed by atoms with van der Waals surface area (Å²) in [6.07, 6.45) is 5.37. The van der Waals surface area contributed by atoms with E-state index in [1.54, 1.807) is 0 Å². The number of nitrogens with zero attached hydrogens (tertiary/aromatic N) is 1. The first-order valence-corrected chi connectivity index (χ1v) is 9.20. The highest BCUT2D eigenvalue weighted by Crippen LogP contribution is 2.46. The number of likely N-dealkylation sites (N-methyl/N-ethyl adjacent to an activating group) is 1. The van der Waals surface area contributed by atoms with E-state index in [1.807, 2.05) is 11.3 Å². The van der Waals surface area contributed by atoms with Crippen LogP contribution in [0.4, 0.5) is 0 Å². The van der Waals surface area contributed by atoms with Gasteiger partial charge in [-0.3, -0.25) is 4.90 Å². The molecule has 3 nitrogen and oxygen atoms in total. The number of aryl methyl sites for hydroxylation is 1. The maximum absolute atomic E-state index is 5.59. The molecule has 1 aromatic rings. The van der Waals surface area contributed by atoms with Crippen LogP contribution in [-0.4, -0.2) is 43.3 Å². The molecule has 1 atom stereocenters. The third-order valence-corrected chi connectivity index (χ3v) is 6.17. The van der Waals surface area contributed by atoms with E-state index in [4.69, 9.17) is 4.74 Å². The Balaban J connectivity index is 1.92. The van der Waals surface area contributed by atoms with Crippen molar-refractivity contribution in [3.8, 4) is 0 Å². The van der Waals surface area contributed by atoms with Crippen molar-refractivity contribution in [1.29, 1.82) is 0 Å². The zero-order valence-electron chi connectivity index (χ0n) is 13.4. The molecule has 1 unspecified atom stereocenters. The largest absolute Gasteiger partial charge is 0.379 e. The number of ether oxygens (including phenoxy) is 1. The minimum atomic E-state index is 0.303. The van der Waals surface area contributed by atoms with Gasteiger partial charge in [-0.25, -0.2) is 0 Å². The van der Waals surface area contributed by atoms with Gasteiger partial charge in [0.1, 0.15) is 0 Å². The summed E-state index contributed by atoms with van der Waals surface area (Å²) in [5.74, 6) is 0. The van der Waals surface area contributed by atoms with Crippen molar-refractivity contribution in [2.45, 2.75) is 51.1 Å². The molecule has 1 saturated heterocycles. The molecule has 118 valence electrons. The van der Waals surface area contributed by atoms with Crippen molar-refractivity contribution in [2.75, 3.05) is 32.8 Å². The van der Waals surface area contributed by atoms with Crippen molar-refractivity contribution in [3.05, 3.63) is 21.9 Å². The Morgan fingerprint density at radius 3 is 2.57 bits per heavy atom. The number of rotatable bonds is 5. The summed E-state index contributed by atoms with van der Waals surface area (Å²) < 4.78 is 5.59. The lowest BCUT2D eigenvalue weighted by Crippen LogP contribution is -2.58. The number of morpholine rings is 1. The molecular weight excluding hydrogens is 280 g/mol. The van der Waals surface area contributed by atoms with E-state index in [0.717, 1.165) is 32.8 Å². The molecule has 0 bridgehead atoms. The van der Waals surface area contributed by atoms with Crippen LogP contribution in [0.3, 0.4) is 0 Å². The fraction of sp³-hybridized carbons (Fsp3) is 0.765. The Bertz CT molecular complexity index is 447. The second kappa shape index (κ2) is 6.78. The minimum Gasteiger partial charge on any atom is -0.379 e. The fourth-order valence-corrected chi connectivity index (χ4v) is 5.22. The van der Waals surface area contributed by atoms with E-state index in [9.17, 15) is 0 Å². The molecule has 1 N–H and O–H groups in total. The molecule has 2 heterocycles. The molecule has 2 fully saturated rings. The predicted molar refractivity (Wildman–Crippen MR) is 89.1 cm³/mol. The van der Waals surface area contributed by atoms with E-state index in [0.29, 0.717) is 11.6 Å². The smallest absolute Gasteiger partial charge is 0.0601 e. The third kappa shape index (κ3) is 3.04. The molecule has 21 heavy (non-hydrogen) atoms. The Kier molecular flexibility index (Phi) is 4.99. The van der Waals surface area contributed by atoms with Gasteiger partial charge in [-0.05, 0) is 38.4 Å². The fourth-order valence-electron chi connectivity index (χ4n) is 4.15. The molecular formula is C17H28N2OS. The van der Waals surface area contributed by atoms with Crippen molar-refractivity contribution in [2.24, 2.45) is 0 Å². The van der Waals surface area contributed by atoms with Gasteiger partial charge in [0.05, 0.1) is 19.3 Å². The van der Waals surface area contributed by atoms with E-state index in [1.165, 1.54) is 35.4 Å². The first kappa shape index (κ1) is 15.5. The van der Waals surface area contributed by atoms with Gasteiger partial charge in [0.15, 0.2) is 0 Å². The van der Waals surface area contributed by atoms with Crippen LogP contribution in [0.25, 0.3) is 0 Å². The van der Waals surface area contributed by atoms with Gasteiger partial charge < -0.3 is 10.1 Å². The van der Waals surface area contributed by atoms with Gasteiger partial charge in [-0.15, -0.1) is 11.3 Å². The van der Waals surface area contributed by atoms with Gasteiger partial charge in [-0.2, -0.15) is 0 Å². The molecule has 3 rings (SSSR count). The normalized spacial score (nSPS) is 24.3. The summed E-state index contributed by atoms with van der Waals surface area (Å²) >= 11 is 1.96. The lowest BCUT2D eigenvalue weighted by atomic mass is 9.84. The molecule has 1 aromatic heterocycles. The summed E-state index contributed by atoms with van der Waals surface area (Å²) in [5.41, 5.74) is 0.303. The first-order chi connectivity index (χ1) is 10.3. The summed E-state index contributed by atoms with van der Waals surface area (Å²) in [5, 5.41) is 3.82. The van der Waals surface area contributed by atoms with Crippen LogP contribution in [0.5, 0.6) is 0 Å². The van der Waals surface area contributed by atoms with Crippen LogP contribution in [0.2, 0.25) is 0 Å². The van der Waals surface area contributed by atoms with Gasteiger partial charge >= 0.3 is 0 Å². The lowest BCUT2D eigenvalue weighted by Gasteiger charge is -2.48. The predicted octanol–water partition coefficient (Wildman–Crippen LogP) is 3.35. The first-order valence-electron chi connectivity index (χ1n) is 8.39. The Morgan fingerprint density at radius 2 is 2.00 bits per heavy atom. The average Bonchev–Trinajstić information content (AvgIpc) is 3.16. The molecule has 0 amide bonds. The summed E-state index contributed by atoms with van der Waals surface area (Å²) in [7, 11) is 0. The molecule has 1 aliphatic heterocycles. The zero-order chi connectivity index (χ0) is 14.7. The average molecular weight is 308 g/mol. The number of thiophene rings is 1. The van der Waals surface area contributed by atoms with Crippen LogP contribution in [0.1, 0.15) is 48.4 Å². The Hall–Kier alpha value is -0.420. The topological polar surface area (TPSA) is 24.5 Å². The lowest BCUT2D eigenvalue weighted by molar-refractivity contribution is -0.0357. The molecule has 1 aliphatic carbocycles. The van der Waals surface area contributed by atoms with E-state index in [2.05, 4.69) is 36.2 Å². The zero-order valence-corrected chi connectivity index (χ0v) is 14.2. The molecule has 1 saturated carbocycles. The SMILES string of the molecule is CCNC(c1ccc(C)s1)C1(N2CCOCC2)CCCC1. The van der Waals surface area contributed by atoms with Gasteiger partial charge in [0.25, 0.3) is 0 Å². The van der Waals surface area contributed by atoms with Crippen molar-refractivity contribution in [1.82, 2.24) is 10.2 Å². The van der Waals surface area contributed by atoms with Crippen molar-refractivity contribution in [3.63, 3.8) is 0 Å². The second-order valence-electron chi connectivity index (χ2n) is 6.35. The maximum Gasteiger partial charge on any atom is 0.0601 e. The number of nitrogens with one attached hydrogen (secondary N) is 1. The number of hydrogen-bond donors (Lipinski definition) is 1. The van der Waals surface area contributed by atoms with E-state index >= 15 is 0 Å². The minimum absolute atomic E-state index is 0.303. The standard InChI is InChI=1S/C17H28N2OS/c1-3-18-16(15-7-6-14(2)21-15)17(8-4-5-9-17)19-10-12-20-13-11-19/h6-7,16,18H,3-5,8-13H2,1-2H3. The van der Waals surface area contributed by atoms with Gasteiger partial charge in [0.2, 0.25) is 0 Å². The van der Waals surface area contributed by atoms with Gasteiger partial charge in [-0.1, -0.05) is 19.8 Å². The third-order valence-electron chi connectivity index (χ3n) is 5.10.